The monoisotopic (exact) mass is 305 g/mol. The summed E-state index contributed by atoms with van der Waals surface area (Å²) in [5, 5.41) is 1.79. The number of halogens is 3. The molecule has 0 aliphatic heterocycles. The lowest BCUT2D eigenvalue weighted by Crippen LogP contribution is -1.87. The molecule has 2 aromatic rings. The van der Waals surface area contributed by atoms with E-state index in [1.54, 1.807) is 19.2 Å². The maximum atomic E-state index is 6.04. The number of rotatable bonds is 1. The predicted molar refractivity (Wildman–Crippen MR) is 66.0 cm³/mol. The van der Waals surface area contributed by atoms with Crippen molar-refractivity contribution >= 4 is 50.0 Å². The van der Waals surface area contributed by atoms with Gasteiger partial charge in [0.1, 0.15) is 10.9 Å². The molecule has 0 saturated carbocycles. The van der Waals surface area contributed by atoms with Crippen molar-refractivity contribution in [1.82, 2.24) is 4.98 Å². The molecule has 0 atom stereocenters. The second kappa shape index (κ2) is 4.16. The largest absolute Gasteiger partial charge is 0.495 e. The lowest BCUT2D eigenvalue weighted by Gasteiger charge is -2.06. The number of benzene rings is 1. The smallest absolute Gasteiger partial charge is 0.135 e. The van der Waals surface area contributed by atoms with Gasteiger partial charge in [0.2, 0.25) is 0 Å². The van der Waals surface area contributed by atoms with Crippen LogP contribution >= 0.6 is 39.1 Å². The van der Waals surface area contributed by atoms with Crippen LogP contribution in [0.2, 0.25) is 10.2 Å². The van der Waals surface area contributed by atoms with Crippen LogP contribution in [0.25, 0.3) is 10.9 Å². The summed E-state index contributed by atoms with van der Waals surface area (Å²) in [5.74, 6) is 0.702. The summed E-state index contributed by atoms with van der Waals surface area (Å²) in [6, 6.07) is 5.27. The minimum atomic E-state index is 0.372. The number of hydrogen-bond donors (Lipinski definition) is 0. The van der Waals surface area contributed by atoms with Gasteiger partial charge in [-0.1, -0.05) is 23.2 Å². The molecule has 1 aromatic carbocycles. The lowest BCUT2D eigenvalue weighted by molar-refractivity contribution is 0.412. The standard InChI is InChI=1S/C10H6BrCl2NO/c1-15-9-4-8-5(2-6(9)11)7(12)3-10(13)14-8/h2-4H,1H3. The summed E-state index contributed by atoms with van der Waals surface area (Å²) in [6.07, 6.45) is 0. The fraction of sp³-hybridized carbons (Fsp3) is 0.100. The fourth-order valence-corrected chi connectivity index (χ4v) is 2.33. The zero-order valence-corrected chi connectivity index (χ0v) is 10.8. The van der Waals surface area contributed by atoms with Crippen molar-refractivity contribution in [2.75, 3.05) is 7.11 Å². The average Bonchev–Trinajstić information content (AvgIpc) is 2.18. The first-order chi connectivity index (χ1) is 7.11. The van der Waals surface area contributed by atoms with E-state index in [0.29, 0.717) is 21.4 Å². The van der Waals surface area contributed by atoms with E-state index in [1.807, 2.05) is 6.07 Å². The summed E-state index contributed by atoms with van der Waals surface area (Å²) >= 11 is 15.2. The van der Waals surface area contributed by atoms with E-state index in [1.165, 1.54) is 0 Å². The van der Waals surface area contributed by atoms with Crippen molar-refractivity contribution in [1.29, 1.82) is 0 Å². The summed E-state index contributed by atoms with van der Waals surface area (Å²) < 4.78 is 6.00. The van der Waals surface area contributed by atoms with Crippen molar-refractivity contribution in [2.45, 2.75) is 0 Å². The Morgan fingerprint density at radius 1 is 1.27 bits per heavy atom. The highest BCUT2D eigenvalue weighted by Gasteiger charge is 2.07. The SMILES string of the molecule is COc1cc2nc(Cl)cc(Cl)c2cc1Br. The molecular formula is C10H6BrCl2NO. The van der Waals surface area contributed by atoms with Crippen LogP contribution in [0, 0.1) is 0 Å². The van der Waals surface area contributed by atoms with Crippen LogP contribution in [0.4, 0.5) is 0 Å². The van der Waals surface area contributed by atoms with E-state index >= 15 is 0 Å². The van der Waals surface area contributed by atoms with E-state index in [9.17, 15) is 0 Å². The van der Waals surface area contributed by atoms with E-state index < -0.39 is 0 Å². The van der Waals surface area contributed by atoms with Crippen molar-refractivity contribution < 1.29 is 4.74 Å². The summed E-state index contributed by atoms with van der Waals surface area (Å²) in [7, 11) is 1.60. The Kier molecular flexibility index (Phi) is 3.05. The zero-order valence-electron chi connectivity index (χ0n) is 7.72. The molecule has 2 rings (SSSR count). The van der Waals surface area contributed by atoms with E-state index in [0.717, 1.165) is 9.86 Å². The minimum absolute atomic E-state index is 0.372. The van der Waals surface area contributed by atoms with Crippen LogP contribution in [0.5, 0.6) is 5.75 Å². The third-order valence-corrected chi connectivity index (χ3v) is 3.13. The molecule has 0 unspecified atom stereocenters. The van der Waals surface area contributed by atoms with Crippen LogP contribution < -0.4 is 4.74 Å². The molecule has 1 heterocycles. The van der Waals surface area contributed by atoms with Crippen molar-refractivity contribution in [3.05, 3.63) is 32.8 Å². The molecule has 0 bridgehead atoms. The van der Waals surface area contributed by atoms with Gasteiger partial charge in [-0.2, -0.15) is 0 Å². The fourth-order valence-electron chi connectivity index (χ4n) is 1.31. The molecule has 1 aromatic heterocycles. The molecule has 0 aliphatic carbocycles. The van der Waals surface area contributed by atoms with E-state index in [-0.39, 0.29) is 0 Å². The highest BCUT2D eigenvalue weighted by molar-refractivity contribution is 9.10. The van der Waals surface area contributed by atoms with Gasteiger partial charge in [-0.05, 0) is 28.1 Å². The van der Waals surface area contributed by atoms with Gasteiger partial charge in [-0.3, -0.25) is 0 Å². The Hall–Kier alpha value is -0.510. The van der Waals surface area contributed by atoms with Gasteiger partial charge in [0, 0.05) is 11.5 Å². The van der Waals surface area contributed by atoms with Crippen molar-refractivity contribution in [3.63, 3.8) is 0 Å². The Morgan fingerprint density at radius 3 is 2.67 bits per heavy atom. The molecule has 78 valence electrons. The molecule has 0 N–H and O–H groups in total. The van der Waals surface area contributed by atoms with Crippen LogP contribution in [0.3, 0.4) is 0 Å². The number of ether oxygens (including phenoxy) is 1. The third kappa shape index (κ3) is 2.05. The summed E-state index contributed by atoms with van der Waals surface area (Å²) in [6.45, 7) is 0. The number of nitrogens with zero attached hydrogens (tertiary/aromatic N) is 1. The Morgan fingerprint density at radius 2 is 2.00 bits per heavy atom. The van der Waals surface area contributed by atoms with Gasteiger partial charge in [0.15, 0.2) is 0 Å². The molecular weight excluding hydrogens is 301 g/mol. The molecule has 0 amide bonds. The summed E-state index contributed by atoms with van der Waals surface area (Å²) in [5.41, 5.74) is 0.715. The molecule has 5 heteroatoms. The number of hydrogen-bond acceptors (Lipinski definition) is 2. The molecule has 0 spiro atoms. The molecule has 15 heavy (non-hydrogen) atoms. The second-order valence-corrected chi connectivity index (χ2v) is 4.58. The summed E-state index contributed by atoms with van der Waals surface area (Å²) in [4.78, 5) is 4.17. The van der Waals surface area contributed by atoms with Crippen molar-refractivity contribution in [3.8, 4) is 5.75 Å². The molecule has 0 aliphatic rings. The van der Waals surface area contributed by atoms with Crippen LogP contribution in [0.15, 0.2) is 22.7 Å². The maximum absolute atomic E-state index is 6.04. The maximum Gasteiger partial charge on any atom is 0.135 e. The van der Waals surface area contributed by atoms with E-state index in [4.69, 9.17) is 27.9 Å². The Labute approximate surface area is 105 Å². The predicted octanol–water partition coefficient (Wildman–Crippen LogP) is 4.31. The average molecular weight is 307 g/mol. The van der Waals surface area contributed by atoms with Gasteiger partial charge < -0.3 is 4.74 Å². The number of pyridine rings is 1. The number of methoxy groups -OCH3 is 1. The first-order valence-electron chi connectivity index (χ1n) is 4.11. The minimum Gasteiger partial charge on any atom is -0.495 e. The second-order valence-electron chi connectivity index (χ2n) is 2.93. The zero-order chi connectivity index (χ0) is 11.0. The molecule has 2 nitrogen and oxygen atoms in total. The van der Waals surface area contributed by atoms with Gasteiger partial charge >= 0.3 is 0 Å². The highest BCUT2D eigenvalue weighted by Crippen LogP contribution is 2.33. The first-order valence-corrected chi connectivity index (χ1v) is 5.66. The van der Waals surface area contributed by atoms with Gasteiger partial charge in [-0.15, -0.1) is 0 Å². The lowest BCUT2D eigenvalue weighted by atomic mass is 10.2. The Balaban J connectivity index is 2.81. The molecule has 0 fully saturated rings. The van der Waals surface area contributed by atoms with Crippen LogP contribution in [-0.4, -0.2) is 12.1 Å². The van der Waals surface area contributed by atoms with Gasteiger partial charge in [-0.25, -0.2) is 4.98 Å². The molecule has 0 saturated heterocycles. The van der Waals surface area contributed by atoms with Gasteiger partial charge in [0.25, 0.3) is 0 Å². The normalized spacial score (nSPS) is 10.7. The van der Waals surface area contributed by atoms with Crippen LogP contribution in [0.1, 0.15) is 0 Å². The number of aromatic nitrogens is 1. The van der Waals surface area contributed by atoms with Gasteiger partial charge in [0.05, 0.1) is 22.1 Å². The quantitative estimate of drug-likeness (QED) is 0.732. The topological polar surface area (TPSA) is 22.1 Å². The Bertz CT molecular complexity index is 530. The van der Waals surface area contributed by atoms with Crippen molar-refractivity contribution in [2.24, 2.45) is 0 Å². The van der Waals surface area contributed by atoms with Crippen LogP contribution in [-0.2, 0) is 0 Å². The first kappa shape index (κ1) is 11.0. The highest BCUT2D eigenvalue weighted by atomic mass is 79.9. The van der Waals surface area contributed by atoms with E-state index in [2.05, 4.69) is 20.9 Å². The molecule has 0 radical (unpaired) electrons. The third-order valence-electron chi connectivity index (χ3n) is 2.00. The number of fused-ring (bicyclic) bond motifs is 1.